The Balaban J connectivity index is 0.00000466. The summed E-state index contributed by atoms with van der Waals surface area (Å²) in [5.74, 6) is -1.04. The molecule has 0 aromatic carbocycles. The Morgan fingerprint density at radius 3 is 2.25 bits per heavy atom. The minimum atomic E-state index is -0.895. The lowest BCUT2D eigenvalue weighted by Gasteiger charge is -2.30. The van der Waals surface area contributed by atoms with Crippen molar-refractivity contribution in [3.63, 3.8) is 0 Å². The number of allylic oxidation sites excluding steroid dienone is 4. The van der Waals surface area contributed by atoms with E-state index in [0.717, 1.165) is 25.9 Å². The maximum atomic E-state index is 14.5. The zero-order valence-electron chi connectivity index (χ0n) is 22.1. The molecule has 1 fully saturated rings. The van der Waals surface area contributed by atoms with E-state index in [0.29, 0.717) is 24.5 Å². The molecule has 0 radical (unpaired) electrons. The van der Waals surface area contributed by atoms with E-state index >= 15 is 0 Å². The van der Waals surface area contributed by atoms with Gasteiger partial charge in [0.2, 0.25) is 0 Å². The second kappa shape index (κ2) is 18.5. The summed E-state index contributed by atoms with van der Waals surface area (Å²) in [6, 6.07) is 0. The van der Waals surface area contributed by atoms with Crippen molar-refractivity contribution in [3.8, 4) is 0 Å². The van der Waals surface area contributed by atoms with Crippen molar-refractivity contribution in [1.82, 2.24) is 0 Å². The third-order valence-corrected chi connectivity index (χ3v) is 6.32. The van der Waals surface area contributed by atoms with Crippen molar-refractivity contribution >= 4 is 0 Å². The van der Waals surface area contributed by atoms with Crippen LogP contribution in [0.4, 0.5) is 8.78 Å². The minimum absolute atomic E-state index is 0.0255. The van der Waals surface area contributed by atoms with Gasteiger partial charge in [0.15, 0.2) is 11.7 Å². The standard InChI is InChI=1S/C25H44F2O3.C2H6/c1-7-9-10-11-21-14-15-22(30-16-21)17-29-19(4)13-12-18(3)23(8-2)25(27)24(26)20(5)28-6;1-2/h18-19,21-22H,7-17H2,1-6H3;1-2H3/b24-20-,25-23-;. The van der Waals surface area contributed by atoms with Gasteiger partial charge >= 0.3 is 0 Å². The largest absolute Gasteiger partial charge is 0.498 e. The summed E-state index contributed by atoms with van der Waals surface area (Å²) in [4.78, 5) is 0. The number of methoxy groups -OCH3 is 1. The van der Waals surface area contributed by atoms with Crippen LogP contribution in [0.15, 0.2) is 23.0 Å². The summed E-state index contributed by atoms with van der Waals surface area (Å²) in [6.07, 6.45) is 9.75. The van der Waals surface area contributed by atoms with Crippen LogP contribution in [0.1, 0.15) is 106 Å². The molecule has 0 bridgehead atoms. The number of rotatable bonds is 14. The van der Waals surface area contributed by atoms with Gasteiger partial charge in [0, 0.05) is 6.61 Å². The molecule has 190 valence electrons. The van der Waals surface area contributed by atoms with Crippen LogP contribution in [0, 0.1) is 11.8 Å². The highest BCUT2D eigenvalue weighted by atomic mass is 19.2. The number of hydrogen-bond acceptors (Lipinski definition) is 3. The fourth-order valence-corrected chi connectivity index (χ4v) is 4.02. The molecule has 1 aliphatic heterocycles. The predicted octanol–water partition coefficient (Wildman–Crippen LogP) is 8.69. The van der Waals surface area contributed by atoms with Crippen molar-refractivity contribution in [1.29, 1.82) is 0 Å². The Labute approximate surface area is 197 Å². The van der Waals surface area contributed by atoms with Crippen LogP contribution >= 0.6 is 0 Å². The average Bonchev–Trinajstić information content (AvgIpc) is 2.82. The second-order valence-electron chi connectivity index (χ2n) is 8.78. The van der Waals surface area contributed by atoms with Crippen LogP contribution in [0.25, 0.3) is 0 Å². The lowest BCUT2D eigenvalue weighted by molar-refractivity contribution is -0.0782. The molecule has 3 nitrogen and oxygen atoms in total. The molecule has 0 saturated carbocycles. The third-order valence-electron chi connectivity index (χ3n) is 6.32. The molecule has 1 saturated heterocycles. The molecule has 5 heteroatoms. The van der Waals surface area contributed by atoms with Gasteiger partial charge in [-0.1, -0.05) is 53.9 Å². The third kappa shape index (κ3) is 11.8. The van der Waals surface area contributed by atoms with E-state index < -0.39 is 11.7 Å². The molecule has 0 spiro atoms. The SMILES string of the molecule is CC.CCCCCC1CCC(COC(C)CCC(C)/C(CC)=C(F)/C(F)=C(\C)OC)OC1. The number of halogens is 2. The van der Waals surface area contributed by atoms with Crippen LogP contribution in [-0.4, -0.2) is 32.5 Å². The van der Waals surface area contributed by atoms with Gasteiger partial charge in [-0.3, -0.25) is 0 Å². The Hall–Kier alpha value is -0.940. The van der Waals surface area contributed by atoms with E-state index in [2.05, 4.69) is 6.92 Å². The van der Waals surface area contributed by atoms with Crippen LogP contribution in [-0.2, 0) is 14.2 Å². The van der Waals surface area contributed by atoms with E-state index in [1.54, 1.807) is 0 Å². The molecule has 1 rings (SSSR count). The van der Waals surface area contributed by atoms with E-state index in [9.17, 15) is 8.78 Å². The molecule has 32 heavy (non-hydrogen) atoms. The van der Waals surface area contributed by atoms with Crippen LogP contribution in [0.2, 0.25) is 0 Å². The fourth-order valence-electron chi connectivity index (χ4n) is 4.02. The molecular formula is C27H50F2O3. The van der Waals surface area contributed by atoms with E-state index in [-0.39, 0.29) is 23.9 Å². The van der Waals surface area contributed by atoms with Gasteiger partial charge in [-0.05, 0) is 69.8 Å². The van der Waals surface area contributed by atoms with Crippen molar-refractivity contribution < 1.29 is 23.0 Å². The quantitative estimate of drug-likeness (QED) is 0.147. The minimum Gasteiger partial charge on any atom is -0.498 e. The van der Waals surface area contributed by atoms with Gasteiger partial charge in [-0.2, -0.15) is 0 Å². The van der Waals surface area contributed by atoms with Gasteiger partial charge in [-0.15, -0.1) is 0 Å². The zero-order valence-corrected chi connectivity index (χ0v) is 22.1. The highest BCUT2D eigenvalue weighted by Gasteiger charge is 2.23. The molecule has 1 aliphatic rings. The Kier molecular flexibility index (Phi) is 17.9. The van der Waals surface area contributed by atoms with Crippen LogP contribution in [0.3, 0.4) is 0 Å². The van der Waals surface area contributed by atoms with E-state index in [4.69, 9.17) is 14.2 Å². The summed E-state index contributed by atoms with van der Waals surface area (Å²) in [5.41, 5.74) is 0.501. The van der Waals surface area contributed by atoms with Crippen molar-refractivity contribution in [3.05, 3.63) is 23.0 Å². The average molecular weight is 461 g/mol. The summed E-state index contributed by atoms with van der Waals surface area (Å²) in [6.45, 7) is 15.0. The second-order valence-corrected chi connectivity index (χ2v) is 8.78. The predicted molar refractivity (Wildman–Crippen MR) is 131 cm³/mol. The first-order chi connectivity index (χ1) is 15.3. The van der Waals surface area contributed by atoms with Crippen LogP contribution < -0.4 is 0 Å². The van der Waals surface area contributed by atoms with Gasteiger partial charge < -0.3 is 14.2 Å². The van der Waals surface area contributed by atoms with Crippen molar-refractivity contribution in [2.75, 3.05) is 20.3 Å². The molecule has 4 unspecified atom stereocenters. The molecule has 0 aliphatic carbocycles. The van der Waals surface area contributed by atoms with Crippen LogP contribution in [0.5, 0.6) is 0 Å². The van der Waals surface area contributed by atoms with E-state index in [1.807, 2.05) is 34.6 Å². The van der Waals surface area contributed by atoms with E-state index in [1.165, 1.54) is 46.1 Å². The number of unbranched alkanes of at least 4 members (excludes halogenated alkanes) is 2. The Morgan fingerprint density at radius 1 is 1.03 bits per heavy atom. The van der Waals surface area contributed by atoms with Gasteiger partial charge in [-0.25, -0.2) is 8.78 Å². The summed E-state index contributed by atoms with van der Waals surface area (Å²) >= 11 is 0. The first kappa shape index (κ1) is 31.1. The van der Waals surface area contributed by atoms with Crippen molar-refractivity contribution in [2.24, 2.45) is 11.8 Å². The molecule has 1 heterocycles. The topological polar surface area (TPSA) is 27.7 Å². The van der Waals surface area contributed by atoms with Gasteiger partial charge in [0.05, 0.1) is 25.9 Å². The maximum absolute atomic E-state index is 14.5. The smallest absolute Gasteiger partial charge is 0.195 e. The lowest BCUT2D eigenvalue weighted by Crippen LogP contribution is -2.31. The number of ether oxygens (including phenoxy) is 3. The van der Waals surface area contributed by atoms with Crippen molar-refractivity contribution in [2.45, 2.75) is 118 Å². The Morgan fingerprint density at radius 2 is 1.72 bits per heavy atom. The number of hydrogen-bond donors (Lipinski definition) is 0. The fraction of sp³-hybridized carbons (Fsp3) is 0.852. The molecular weight excluding hydrogens is 410 g/mol. The first-order valence-electron chi connectivity index (χ1n) is 12.9. The molecule has 4 atom stereocenters. The van der Waals surface area contributed by atoms with Gasteiger partial charge in [0.25, 0.3) is 0 Å². The van der Waals surface area contributed by atoms with Gasteiger partial charge in [0.1, 0.15) is 5.76 Å². The maximum Gasteiger partial charge on any atom is 0.195 e. The monoisotopic (exact) mass is 460 g/mol. The normalized spacial score (nSPS) is 22.2. The summed E-state index contributed by atoms with van der Waals surface area (Å²) in [7, 11) is 1.35. The summed E-state index contributed by atoms with van der Waals surface area (Å²) in [5, 5.41) is 0. The first-order valence-corrected chi connectivity index (χ1v) is 12.9. The summed E-state index contributed by atoms with van der Waals surface area (Å²) < 4.78 is 45.5. The highest BCUT2D eigenvalue weighted by molar-refractivity contribution is 5.28. The molecule has 0 N–H and O–H groups in total. The molecule has 0 amide bonds. The zero-order chi connectivity index (χ0) is 24.5. The molecule has 0 aromatic rings. The molecule has 0 aromatic heterocycles. The highest BCUT2D eigenvalue weighted by Crippen LogP contribution is 2.31. The Bertz CT molecular complexity index is 537. The lowest BCUT2D eigenvalue weighted by atomic mass is 9.91.